The lowest BCUT2D eigenvalue weighted by Gasteiger charge is -2.14. The SMILES string of the molecule is CCOC(=O)Cc1csc(NC(=O)c2cccnc2O[C@@H]2CCSC2)n1. The Labute approximate surface area is 159 Å². The third-order valence-electron chi connectivity index (χ3n) is 3.58. The molecule has 0 radical (unpaired) electrons. The highest BCUT2D eigenvalue weighted by molar-refractivity contribution is 7.99. The van der Waals surface area contributed by atoms with Gasteiger partial charge in [0.05, 0.1) is 18.7 Å². The predicted molar refractivity (Wildman–Crippen MR) is 101 cm³/mol. The first kappa shape index (κ1) is 18.7. The zero-order valence-electron chi connectivity index (χ0n) is 14.3. The molecule has 1 N–H and O–H groups in total. The predicted octanol–water partition coefficient (Wildman–Crippen LogP) is 2.78. The van der Waals surface area contributed by atoms with Crippen LogP contribution in [0.15, 0.2) is 23.7 Å². The van der Waals surface area contributed by atoms with E-state index in [0.29, 0.717) is 28.9 Å². The Morgan fingerprint density at radius 2 is 2.31 bits per heavy atom. The molecule has 7 nitrogen and oxygen atoms in total. The number of carbonyl (C=O) groups excluding carboxylic acids is 2. The van der Waals surface area contributed by atoms with E-state index in [4.69, 9.17) is 9.47 Å². The number of thioether (sulfide) groups is 1. The summed E-state index contributed by atoms with van der Waals surface area (Å²) >= 11 is 3.09. The van der Waals surface area contributed by atoms with E-state index < -0.39 is 0 Å². The van der Waals surface area contributed by atoms with Crippen LogP contribution in [0.3, 0.4) is 0 Å². The minimum Gasteiger partial charge on any atom is -0.473 e. The summed E-state index contributed by atoms with van der Waals surface area (Å²) < 4.78 is 10.8. The fourth-order valence-corrected chi connectivity index (χ4v) is 4.19. The van der Waals surface area contributed by atoms with E-state index in [1.165, 1.54) is 11.3 Å². The number of nitrogens with one attached hydrogen (secondary N) is 1. The van der Waals surface area contributed by atoms with E-state index in [-0.39, 0.29) is 24.4 Å². The van der Waals surface area contributed by atoms with Crippen LogP contribution in [0, 0.1) is 0 Å². The summed E-state index contributed by atoms with van der Waals surface area (Å²) in [5.74, 6) is 1.62. The van der Waals surface area contributed by atoms with Crippen molar-refractivity contribution in [3.63, 3.8) is 0 Å². The van der Waals surface area contributed by atoms with Gasteiger partial charge in [0, 0.05) is 17.3 Å². The highest BCUT2D eigenvalue weighted by Crippen LogP contribution is 2.25. The van der Waals surface area contributed by atoms with Gasteiger partial charge in [-0.2, -0.15) is 11.8 Å². The molecule has 9 heteroatoms. The Morgan fingerprint density at radius 1 is 1.42 bits per heavy atom. The Hall–Kier alpha value is -2.13. The maximum Gasteiger partial charge on any atom is 0.311 e. The number of pyridine rings is 1. The summed E-state index contributed by atoms with van der Waals surface area (Å²) in [6.45, 7) is 2.08. The minimum absolute atomic E-state index is 0.0810. The van der Waals surface area contributed by atoms with Crippen LogP contribution in [0.4, 0.5) is 5.13 Å². The van der Waals surface area contributed by atoms with Crippen LogP contribution in [0.5, 0.6) is 5.88 Å². The number of ether oxygens (including phenoxy) is 2. The number of anilines is 1. The number of nitrogens with zero attached hydrogens (tertiary/aromatic N) is 2. The molecule has 1 saturated heterocycles. The lowest BCUT2D eigenvalue weighted by Crippen LogP contribution is -2.20. The summed E-state index contributed by atoms with van der Waals surface area (Å²) in [7, 11) is 0. The molecule has 1 aliphatic rings. The van der Waals surface area contributed by atoms with Gasteiger partial charge in [0.25, 0.3) is 5.91 Å². The second-order valence-electron chi connectivity index (χ2n) is 5.54. The van der Waals surface area contributed by atoms with Crippen molar-refractivity contribution in [3.05, 3.63) is 35.0 Å². The fourth-order valence-electron chi connectivity index (χ4n) is 2.39. The molecular formula is C17H19N3O4S2. The van der Waals surface area contributed by atoms with Gasteiger partial charge in [-0.05, 0) is 31.2 Å². The Morgan fingerprint density at radius 3 is 3.08 bits per heavy atom. The molecule has 0 spiro atoms. The van der Waals surface area contributed by atoms with Gasteiger partial charge >= 0.3 is 5.97 Å². The van der Waals surface area contributed by atoms with Gasteiger partial charge < -0.3 is 9.47 Å². The summed E-state index contributed by atoms with van der Waals surface area (Å²) in [6.07, 6.45) is 2.72. The maximum absolute atomic E-state index is 12.6. The Kier molecular flexibility index (Phi) is 6.45. The van der Waals surface area contributed by atoms with E-state index in [1.807, 2.05) is 11.8 Å². The lowest BCUT2D eigenvalue weighted by atomic mass is 10.2. The number of hydrogen-bond acceptors (Lipinski definition) is 8. The van der Waals surface area contributed by atoms with Crippen molar-refractivity contribution < 1.29 is 19.1 Å². The number of hydrogen-bond donors (Lipinski definition) is 1. The average molecular weight is 393 g/mol. The summed E-state index contributed by atoms with van der Waals surface area (Å²) in [5, 5.41) is 4.88. The second-order valence-corrected chi connectivity index (χ2v) is 7.55. The van der Waals surface area contributed by atoms with Crippen LogP contribution in [-0.2, 0) is 16.0 Å². The molecule has 3 rings (SSSR count). The zero-order valence-corrected chi connectivity index (χ0v) is 15.9. The number of rotatable bonds is 7. The fraction of sp³-hybridized carbons (Fsp3) is 0.412. The molecular weight excluding hydrogens is 374 g/mol. The Bertz CT molecular complexity index is 775. The molecule has 0 aliphatic carbocycles. The van der Waals surface area contributed by atoms with E-state index in [1.54, 1.807) is 30.6 Å². The standard InChI is InChI=1S/C17H19N3O4S2/c1-2-23-14(21)8-11-9-26-17(19-11)20-15(22)13-4-3-6-18-16(13)24-12-5-7-25-10-12/h3-4,6,9,12H,2,5,7-8,10H2,1H3,(H,19,20,22)/t12-/m1/s1. The second kappa shape index (κ2) is 9.00. The molecule has 1 atom stereocenters. The van der Waals surface area contributed by atoms with Crippen molar-refractivity contribution in [2.45, 2.75) is 25.9 Å². The van der Waals surface area contributed by atoms with E-state index in [9.17, 15) is 9.59 Å². The molecule has 1 aliphatic heterocycles. The van der Waals surface area contributed by atoms with Crippen molar-refractivity contribution in [2.75, 3.05) is 23.4 Å². The van der Waals surface area contributed by atoms with Crippen molar-refractivity contribution in [1.29, 1.82) is 0 Å². The van der Waals surface area contributed by atoms with Crippen LogP contribution in [0.1, 0.15) is 29.4 Å². The number of esters is 1. The van der Waals surface area contributed by atoms with Crippen molar-refractivity contribution in [1.82, 2.24) is 9.97 Å². The topological polar surface area (TPSA) is 90.4 Å². The molecule has 1 fully saturated rings. The van der Waals surface area contributed by atoms with Crippen LogP contribution >= 0.6 is 23.1 Å². The molecule has 3 heterocycles. The van der Waals surface area contributed by atoms with Gasteiger partial charge in [0.1, 0.15) is 11.7 Å². The van der Waals surface area contributed by atoms with Crippen LogP contribution in [0.2, 0.25) is 0 Å². The van der Waals surface area contributed by atoms with Crippen LogP contribution in [0.25, 0.3) is 0 Å². The van der Waals surface area contributed by atoms with Crippen LogP contribution < -0.4 is 10.1 Å². The zero-order chi connectivity index (χ0) is 18.4. The lowest BCUT2D eigenvalue weighted by molar-refractivity contribution is -0.142. The molecule has 1 amide bonds. The van der Waals surface area contributed by atoms with Crippen molar-refractivity contribution in [3.8, 4) is 5.88 Å². The van der Waals surface area contributed by atoms with Gasteiger partial charge in [-0.15, -0.1) is 11.3 Å². The molecule has 138 valence electrons. The minimum atomic E-state index is -0.340. The normalized spacial score (nSPS) is 16.3. The monoisotopic (exact) mass is 393 g/mol. The van der Waals surface area contributed by atoms with Crippen molar-refractivity contribution >= 4 is 40.1 Å². The maximum atomic E-state index is 12.6. The van der Waals surface area contributed by atoms with E-state index in [0.717, 1.165) is 17.9 Å². The highest BCUT2D eigenvalue weighted by Gasteiger charge is 2.22. The Balaban J connectivity index is 1.65. The molecule has 0 saturated carbocycles. The molecule has 2 aromatic rings. The van der Waals surface area contributed by atoms with Gasteiger partial charge in [-0.25, -0.2) is 9.97 Å². The summed E-state index contributed by atoms with van der Waals surface area (Å²) in [5.41, 5.74) is 0.931. The third-order valence-corrected chi connectivity index (χ3v) is 5.52. The first-order chi connectivity index (χ1) is 12.7. The summed E-state index contributed by atoms with van der Waals surface area (Å²) in [4.78, 5) is 32.5. The number of carbonyl (C=O) groups is 2. The molecule has 26 heavy (non-hydrogen) atoms. The van der Waals surface area contributed by atoms with E-state index in [2.05, 4.69) is 15.3 Å². The highest BCUT2D eigenvalue weighted by atomic mass is 32.2. The molecule has 0 unspecified atom stereocenters. The van der Waals surface area contributed by atoms with Crippen LogP contribution in [-0.4, -0.2) is 46.1 Å². The van der Waals surface area contributed by atoms with Gasteiger partial charge in [0.15, 0.2) is 5.13 Å². The molecule has 2 aromatic heterocycles. The smallest absolute Gasteiger partial charge is 0.311 e. The van der Waals surface area contributed by atoms with Gasteiger partial charge in [0.2, 0.25) is 5.88 Å². The molecule has 0 aromatic carbocycles. The van der Waals surface area contributed by atoms with E-state index >= 15 is 0 Å². The average Bonchev–Trinajstić information content (AvgIpc) is 3.28. The molecule has 0 bridgehead atoms. The third kappa shape index (κ3) is 4.95. The summed E-state index contributed by atoms with van der Waals surface area (Å²) in [6, 6.07) is 3.37. The number of thiazole rings is 1. The quantitative estimate of drug-likeness (QED) is 0.723. The largest absolute Gasteiger partial charge is 0.473 e. The first-order valence-electron chi connectivity index (χ1n) is 8.26. The number of amides is 1. The number of aromatic nitrogens is 2. The van der Waals surface area contributed by atoms with Gasteiger partial charge in [-0.1, -0.05) is 0 Å². The van der Waals surface area contributed by atoms with Gasteiger partial charge in [-0.3, -0.25) is 14.9 Å². The first-order valence-corrected chi connectivity index (χ1v) is 10.3. The van der Waals surface area contributed by atoms with Crippen molar-refractivity contribution in [2.24, 2.45) is 0 Å².